The average molecular weight is 633 g/mol. The minimum atomic E-state index is -0.551. The molecule has 4 fully saturated rings. The molecule has 2 aromatic rings. The van der Waals surface area contributed by atoms with Crippen LogP contribution in [0.15, 0.2) is 12.1 Å². The topological polar surface area (TPSA) is 82.1 Å². The van der Waals surface area contributed by atoms with Crippen LogP contribution in [0.5, 0.6) is 0 Å². The maximum absolute atomic E-state index is 12.8. The van der Waals surface area contributed by atoms with Crippen molar-refractivity contribution in [2.75, 3.05) is 36.8 Å². The summed E-state index contributed by atoms with van der Waals surface area (Å²) >= 11 is 0. The fourth-order valence-corrected chi connectivity index (χ4v) is 7.31. The summed E-state index contributed by atoms with van der Waals surface area (Å²) in [5.74, 6) is 3.16. The first kappa shape index (κ1) is 36.1. The standard InChI is InChI=1S/C28H41N5.C8H14FN.C3H6/c1-6-10-12-20-17-33(18-20)28-22(11-7-2)26(31-27(9-4)32-28)15-23-21(19(5)8-3)13-14-25(30)24(23)16-29;1-8-3-2-4-10(8)6-7(9)5-8;1-2-3-1/h13-14,19-20H,6-12,15,17-18,30H2,1-5H3;7H,2-6H2,1H3;1-3H2. The molecule has 46 heavy (non-hydrogen) atoms. The third-order valence-corrected chi connectivity index (χ3v) is 10.5. The van der Waals surface area contributed by atoms with E-state index in [2.05, 4.69) is 63.5 Å². The Morgan fingerprint density at radius 1 is 1.04 bits per heavy atom. The van der Waals surface area contributed by atoms with Crippen LogP contribution in [-0.4, -0.2) is 52.8 Å². The number of aryl methyl sites for hydroxylation is 1. The number of hydrogen-bond acceptors (Lipinski definition) is 6. The highest BCUT2D eigenvalue weighted by molar-refractivity contribution is 5.62. The minimum absolute atomic E-state index is 0.236. The van der Waals surface area contributed by atoms with Crippen molar-refractivity contribution in [2.45, 2.75) is 149 Å². The van der Waals surface area contributed by atoms with Crippen molar-refractivity contribution in [3.8, 4) is 6.07 Å². The molecule has 0 amide bonds. The number of rotatable bonds is 11. The van der Waals surface area contributed by atoms with Crippen molar-refractivity contribution in [3.05, 3.63) is 45.9 Å². The van der Waals surface area contributed by atoms with Gasteiger partial charge in [0.15, 0.2) is 0 Å². The molecule has 4 heterocycles. The van der Waals surface area contributed by atoms with Gasteiger partial charge in [-0.2, -0.15) is 5.26 Å². The molecular weight excluding hydrogens is 571 g/mol. The minimum Gasteiger partial charge on any atom is -0.398 e. The summed E-state index contributed by atoms with van der Waals surface area (Å²) in [6.45, 7) is 17.2. The molecule has 1 aromatic carbocycles. The molecule has 1 aromatic heterocycles. The summed E-state index contributed by atoms with van der Waals surface area (Å²) in [6.07, 6.45) is 15.5. The van der Waals surface area contributed by atoms with Gasteiger partial charge >= 0.3 is 0 Å². The molecule has 3 aliphatic heterocycles. The maximum Gasteiger partial charge on any atom is 0.135 e. The highest BCUT2D eigenvalue weighted by atomic mass is 19.1. The molecule has 0 radical (unpaired) electrons. The summed E-state index contributed by atoms with van der Waals surface area (Å²) in [5, 5.41) is 9.95. The van der Waals surface area contributed by atoms with Crippen LogP contribution in [0.25, 0.3) is 0 Å². The quantitative estimate of drug-likeness (QED) is 0.249. The van der Waals surface area contributed by atoms with Crippen LogP contribution >= 0.6 is 0 Å². The zero-order valence-electron chi connectivity index (χ0n) is 29.8. The molecule has 0 bridgehead atoms. The van der Waals surface area contributed by atoms with Gasteiger partial charge in [0.05, 0.1) is 11.3 Å². The van der Waals surface area contributed by atoms with E-state index in [-0.39, 0.29) is 5.54 Å². The molecular formula is C39H61FN6. The highest BCUT2D eigenvalue weighted by Crippen LogP contribution is 2.39. The Morgan fingerprint density at radius 2 is 1.78 bits per heavy atom. The lowest BCUT2D eigenvalue weighted by atomic mass is 9.86. The lowest BCUT2D eigenvalue weighted by molar-refractivity contribution is 0.217. The van der Waals surface area contributed by atoms with Gasteiger partial charge in [-0.3, -0.25) is 4.90 Å². The SMILES string of the molecule is C1CC1.CC12CCCN1CC(F)C2.CCCCC1CN(c2nc(CC)nc(Cc3c(C(C)CC)ccc(N)c3C#N)c2CCC)C1. The van der Waals surface area contributed by atoms with Crippen molar-refractivity contribution < 1.29 is 4.39 Å². The number of fused-ring (bicyclic) bond motifs is 1. The maximum atomic E-state index is 12.8. The second-order valence-corrected chi connectivity index (χ2v) is 14.5. The van der Waals surface area contributed by atoms with E-state index in [1.807, 2.05) is 6.07 Å². The fourth-order valence-electron chi connectivity index (χ4n) is 7.31. The molecule has 1 aliphatic carbocycles. The molecule has 3 saturated heterocycles. The number of halogens is 1. The van der Waals surface area contributed by atoms with Crippen LogP contribution in [0.2, 0.25) is 0 Å². The van der Waals surface area contributed by atoms with Crippen molar-refractivity contribution >= 4 is 11.5 Å². The highest BCUT2D eigenvalue weighted by Gasteiger charge is 2.44. The predicted molar refractivity (Wildman–Crippen MR) is 190 cm³/mol. The summed E-state index contributed by atoms with van der Waals surface area (Å²) in [5.41, 5.74) is 12.2. The Labute approximate surface area is 279 Å². The van der Waals surface area contributed by atoms with E-state index in [0.29, 0.717) is 30.1 Å². The van der Waals surface area contributed by atoms with E-state index < -0.39 is 6.17 Å². The molecule has 7 heteroatoms. The summed E-state index contributed by atoms with van der Waals surface area (Å²) in [7, 11) is 0. The lowest BCUT2D eigenvalue weighted by Crippen LogP contribution is -2.47. The molecule has 6 rings (SSSR count). The van der Waals surface area contributed by atoms with Crippen LogP contribution in [-0.2, 0) is 19.3 Å². The lowest BCUT2D eigenvalue weighted by Gasteiger charge is -2.41. The Hall–Kier alpha value is -2.72. The molecule has 1 saturated carbocycles. The van der Waals surface area contributed by atoms with Gasteiger partial charge in [0.1, 0.15) is 23.9 Å². The monoisotopic (exact) mass is 632 g/mol. The first-order valence-corrected chi connectivity index (χ1v) is 18.5. The molecule has 3 unspecified atom stereocenters. The van der Waals surface area contributed by atoms with Crippen LogP contribution in [0.4, 0.5) is 15.9 Å². The van der Waals surface area contributed by atoms with Gasteiger partial charge < -0.3 is 10.6 Å². The van der Waals surface area contributed by atoms with E-state index >= 15 is 0 Å². The second kappa shape index (κ2) is 16.9. The summed E-state index contributed by atoms with van der Waals surface area (Å²) in [4.78, 5) is 14.8. The largest absolute Gasteiger partial charge is 0.398 e. The van der Waals surface area contributed by atoms with E-state index in [1.165, 1.54) is 62.5 Å². The van der Waals surface area contributed by atoms with Crippen LogP contribution in [0.1, 0.15) is 152 Å². The van der Waals surface area contributed by atoms with Gasteiger partial charge in [0.25, 0.3) is 0 Å². The van der Waals surface area contributed by atoms with Crippen LogP contribution in [0.3, 0.4) is 0 Å². The smallest absolute Gasteiger partial charge is 0.135 e. The van der Waals surface area contributed by atoms with Crippen molar-refractivity contribution in [1.29, 1.82) is 5.26 Å². The van der Waals surface area contributed by atoms with Gasteiger partial charge in [-0.1, -0.05) is 79.2 Å². The number of hydrogen-bond donors (Lipinski definition) is 1. The zero-order chi connectivity index (χ0) is 33.3. The zero-order valence-corrected chi connectivity index (χ0v) is 29.8. The number of nitriles is 1. The van der Waals surface area contributed by atoms with E-state index in [1.54, 1.807) is 0 Å². The summed E-state index contributed by atoms with van der Waals surface area (Å²) in [6, 6.07) is 6.38. The Kier molecular flexibility index (Phi) is 13.3. The number of alkyl halides is 1. The predicted octanol–water partition coefficient (Wildman–Crippen LogP) is 8.93. The van der Waals surface area contributed by atoms with Crippen molar-refractivity contribution in [2.24, 2.45) is 5.92 Å². The van der Waals surface area contributed by atoms with Gasteiger partial charge in [-0.25, -0.2) is 14.4 Å². The number of aromatic nitrogens is 2. The number of nitrogens with two attached hydrogens (primary N) is 1. The first-order valence-electron chi connectivity index (χ1n) is 18.5. The first-order chi connectivity index (χ1) is 22.2. The fraction of sp³-hybridized carbons (Fsp3) is 0.718. The van der Waals surface area contributed by atoms with Crippen LogP contribution < -0.4 is 10.6 Å². The molecule has 254 valence electrons. The summed E-state index contributed by atoms with van der Waals surface area (Å²) < 4.78 is 12.8. The van der Waals surface area contributed by atoms with E-state index in [0.717, 1.165) is 80.6 Å². The van der Waals surface area contributed by atoms with Gasteiger partial charge in [-0.15, -0.1) is 0 Å². The number of nitrogens with zero attached hydrogens (tertiary/aromatic N) is 5. The number of anilines is 2. The third-order valence-electron chi connectivity index (χ3n) is 10.5. The Morgan fingerprint density at radius 3 is 2.37 bits per heavy atom. The average Bonchev–Trinajstić information content (AvgIpc) is 3.82. The van der Waals surface area contributed by atoms with Gasteiger partial charge in [0.2, 0.25) is 0 Å². The number of benzene rings is 1. The van der Waals surface area contributed by atoms with Crippen molar-refractivity contribution in [1.82, 2.24) is 14.9 Å². The Balaban J connectivity index is 0.000000301. The molecule has 4 aliphatic rings. The normalized spacial score (nSPS) is 22.6. The van der Waals surface area contributed by atoms with Crippen LogP contribution in [0, 0.1) is 17.2 Å². The molecule has 3 atom stereocenters. The van der Waals surface area contributed by atoms with Gasteiger partial charge in [-0.05, 0) is 81.0 Å². The second-order valence-electron chi connectivity index (χ2n) is 14.5. The number of unbranched alkanes of at least 4 members (excludes halogenated alkanes) is 1. The third kappa shape index (κ3) is 9.00. The van der Waals surface area contributed by atoms with Crippen molar-refractivity contribution in [3.63, 3.8) is 0 Å². The van der Waals surface area contributed by atoms with E-state index in [4.69, 9.17) is 15.7 Å². The van der Waals surface area contributed by atoms with Gasteiger partial charge in [0, 0.05) is 49.3 Å². The molecule has 6 nitrogen and oxygen atoms in total. The molecule has 2 N–H and O–H groups in total. The van der Waals surface area contributed by atoms with E-state index in [9.17, 15) is 9.65 Å². The molecule has 0 spiro atoms. The Bertz CT molecular complexity index is 1310. The number of nitrogen functional groups attached to an aromatic ring is 1.